The van der Waals surface area contributed by atoms with Crippen LogP contribution in [0.4, 0.5) is 0 Å². The molecule has 1 heterocycles. The Hall–Kier alpha value is -0.790. The highest BCUT2D eigenvalue weighted by atomic mass is 16.5. The second-order valence-corrected chi connectivity index (χ2v) is 9.32. The SMILES string of the molecule is CC1=C[C@@]23CC[C@H]4[C@@]5(CCC[C@]4(C)C(=O)OC5)[C@@H]2CC[C@@H]1C3. The van der Waals surface area contributed by atoms with Crippen LogP contribution in [0.1, 0.15) is 65.2 Å². The van der Waals surface area contributed by atoms with Crippen molar-refractivity contribution in [2.24, 2.45) is 34.0 Å². The molecule has 1 spiro atoms. The van der Waals surface area contributed by atoms with Gasteiger partial charge in [-0.1, -0.05) is 18.1 Å². The minimum Gasteiger partial charge on any atom is -0.465 e. The molecular formula is C20H28O2. The maximum absolute atomic E-state index is 12.5. The molecule has 6 atom stereocenters. The first-order valence-corrected chi connectivity index (χ1v) is 9.37. The van der Waals surface area contributed by atoms with Crippen molar-refractivity contribution < 1.29 is 9.53 Å². The zero-order valence-electron chi connectivity index (χ0n) is 14.0. The summed E-state index contributed by atoms with van der Waals surface area (Å²) in [6, 6.07) is 0. The van der Waals surface area contributed by atoms with Gasteiger partial charge in [-0.25, -0.2) is 0 Å². The van der Waals surface area contributed by atoms with E-state index in [1.807, 2.05) is 0 Å². The molecule has 0 amide bonds. The molecule has 2 heteroatoms. The smallest absolute Gasteiger partial charge is 0.312 e. The fourth-order valence-electron chi connectivity index (χ4n) is 7.77. The maximum Gasteiger partial charge on any atom is 0.312 e. The van der Waals surface area contributed by atoms with Crippen LogP contribution in [0, 0.1) is 34.0 Å². The fraction of sp³-hybridized carbons (Fsp3) is 0.850. The normalized spacial score (nSPS) is 55.8. The topological polar surface area (TPSA) is 26.3 Å². The van der Waals surface area contributed by atoms with Crippen molar-refractivity contribution in [3.63, 3.8) is 0 Å². The molecule has 5 aliphatic rings. The van der Waals surface area contributed by atoms with Gasteiger partial charge in [-0.15, -0.1) is 0 Å². The number of esters is 1. The van der Waals surface area contributed by atoms with Crippen molar-refractivity contribution in [3.8, 4) is 0 Å². The molecule has 1 aliphatic heterocycles. The standard InChI is InChI=1S/C20H28O2/c1-13-10-19-9-6-15-18(2)7-3-8-20(15,12-22-17(18)21)16(19)5-4-14(13)11-19/h10,14-16H,3-9,11-12H2,1-2H3/t14-,15-,16-,18+,19-,20+/m1/s1. The van der Waals surface area contributed by atoms with Crippen LogP contribution >= 0.6 is 0 Å². The van der Waals surface area contributed by atoms with Crippen LogP contribution in [-0.2, 0) is 9.53 Å². The minimum atomic E-state index is -0.188. The van der Waals surface area contributed by atoms with Gasteiger partial charge >= 0.3 is 5.97 Å². The Bertz CT molecular complexity index is 578. The average Bonchev–Trinajstić information content (AvgIpc) is 2.73. The molecule has 5 rings (SSSR count). The number of ether oxygens (including phenoxy) is 1. The summed E-state index contributed by atoms with van der Waals surface area (Å²) in [7, 11) is 0. The Labute approximate surface area is 133 Å². The molecule has 2 nitrogen and oxygen atoms in total. The summed E-state index contributed by atoms with van der Waals surface area (Å²) in [5.41, 5.74) is 2.21. The molecule has 3 saturated carbocycles. The molecule has 0 aromatic heterocycles. The van der Waals surface area contributed by atoms with Gasteiger partial charge in [0.15, 0.2) is 0 Å². The van der Waals surface area contributed by atoms with Gasteiger partial charge in [0.2, 0.25) is 0 Å². The van der Waals surface area contributed by atoms with Crippen LogP contribution in [0.25, 0.3) is 0 Å². The highest BCUT2D eigenvalue weighted by molar-refractivity contribution is 5.78. The van der Waals surface area contributed by atoms with E-state index in [9.17, 15) is 4.79 Å². The van der Waals surface area contributed by atoms with Crippen molar-refractivity contribution >= 4 is 5.97 Å². The third-order valence-electron chi connectivity index (χ3n) is 8.62. The van der Waals surface area contributed by atoms with E-state index in [2.05, 4.69) is 19.9 Å². The van der Waals surface area contributed by atoms with Gasteiger partial charge in [-0.3, -0.25) is 4.79 Å². The van der Waals surface area contributed by atoms with Gasteiger partial charge in [0.25, 0.3) is 0 Å². The zero-order chi connectivity index (χ0) is 15.2. The first-order chi connectivity index (χ1) is 10.5. The molecule has 0 unspecified atom stereocenters. The Morgan fingerprint density at radius 1 is 1.14 bits per heavy atom. The molecule has 120 valence electrons. The van der Waals surface area contributed by atoms with Crippen LogP contribution < -0.4 is 0 Å². The van der Waals surface area contributed by atoms with Crippen LogP contribution in [-0.4, -0.2) is 12.6 Å². The Morgan fingerprint density at radius 2 is 2.00 bits per heavy atom. The number of allylic oxidation sites excluding steroid dienone is 2. The number of carbonyl (C=O) groups is 1. The number of hydrogen-bond donors (Lipinski definition) is 0. The van der Waals surface area contributed by atoms with Gasteiger partial charge in [0, 0.05) is 5.41 Å². The number of hydrogen-bond acceptors (Lipinski definition) is 2. The quantitative estimate of drug-likeness (QED) is 0.486. The van der Waals surface area contributed by atoms with Crippen molar-refractivity contribution in [2.75, 3.05) is 6.61 Å². The molecule has 0 N–H and O–H groups in total. The lowest BCUT2D eigenvalue weighted by Crippen LogP contribution is -2.64. The molecule has 4 bridgehead atoms. The van der Waals surface area contributed by atoms with Crippen LogP contribution in [0.15, 0.2) is 11.6 Å². The van der Waals surface area contributed by atoms with Crippen LogP contribution in [0.3, 0.4) is 0 Å². The zero-order valence-corrected chi connectivity index (χ0v) is 14.0. The predicted octanol–water partition coefficient (Wildman–Crippen LogP) is 4.49. The van der Waals surface area contributed by atoms with E-state index in [1.54, 1.807) is 5.57 Å². The summed E-state index contributed by atoms with van der Waals surface area (Å²) in [5.74, 6) is 2.30. The van der Waals surface area contributed by atoms with Gasteiger partial charge in [0.05, 0.1) is 12.0 Å². The van der Waals surface area contributed by atoms with E-state index >= 15 is 0 Å². The number of rotatable bonds is 0. The summed E-state index contributed by atoms with van der Waals surface area (Å²) >= 11 is 0. The van der Waals surface area contributed by atoms with Gasteiger partial charge in [-0.2, -0.15) is 0 Å². The van der Waals surface area contributed by atoms with Gasteiger partial charge in [-0.05, 0) is 82.0 Å². The van der Waals surface area contributed by atoms with Gasteiger partial charge in [0.1, 0.15) is 0 Å². The molecule has 0 aromatic carbocycles. The van der Waals surface area contributed by atoms with Crippen molar-refractivity contribution in [3.05, 3.63) is 11.6 Å². The molecule has 22 heavy (non-hydrogen) atoms. The third-order valence-corrected chi connectivity index (χ3v) is 8.62. The Balaban J connectivity index is 1.63. The van der Waals surface area contributed by atoms with Crippen LogP contribution in [0.2, 0.25) is 0 Å². The highest BCUT2D eigenvalue weighted by Crippen LogP contribution is 2.72. The highest BCUT2D eigenvalue weighted by Gasteiger charge is 2.68. The van der Waals surface area contributed by atoms with E-state index < -0.39 is 0 Å². The van der Waals surface area contributed by atoms with Crippen LogP contribution in [0.5, 0.6) is 0 Å². The molecule has 1 saturated heterocycles. The third kappa shape index (κ3) is 1.37. The monoisotopic (exact) mass is 300 g/mol. The lowest BCUT2D eigenvalue weighted by molar-refractivity contribution is -0.229. The molecule has 0 aromatic rings. The Kier molecular flexibility index (Phi) is 2.47. The van der Waals surface area contributed by atoms with E-state index in [1.165, 1.54) is 44.9 Å². The molecular weight excluding hydrogens is 272 g/mol. The van der Waals surface area contributed by atoms with E-state index in [4.69, 9.17) is 4.74 Å². The first kappa shape index (κ1) is 13.6. The van der Waals surface area contributed by atoms with Crippen molar-refractivity contribution in [2.45, 2.75) is 65.2 Å². The number of cyclic esters (lactones) is 1. The largest absolute Gasteiger partial charge is 0.465 e. The first-order valence-electron chi connectivity index (χ1n) is 9.37. The summed E-state index contributed by atoms with van der Waals surface area (Å²) < 4.78 is 5.83. The Morgan fingerprint density at radius 3 is 2.86 bits per heavy atom. The minimum absolute atomic E-state index is 0.107. The summed E-state index contributed by atoms with van der Waals surface area (Å²) in [6.07, 6.45) is 12.9. The van der Waals surface area contributed by atoms with E-state index in [-0.39, 0.29) is 11.4 Å². The van der Waals surface area contributed by atoms with E-state index in [0.29, 0.717) is 16.7 Å². The summed E-state index contributed by atoms with van der Waals surface area (Å²) in [4.78, 5) is 12.5. The molecule has 4 aliphatic carbocycles. The second kappa shape index (κ2) is 3.99. The summed E-state index contributed by atoms with van der Waals surface area (Å²) in [5, 5.41) is 0. The fourth-order valence-corrected chi connectivity index (χ4v) is 7.77. The second-order valence-electron chi connectivity index (χ2n) is 9.32. The summed E-state index contributed by atoms with van der Waals surface area (Å²) in [6.45, 7) is 5.29. The lowest BCUT2D eigenvalue weighted by Gasteiger charge is -2.66. The van der Waals surface area contributed by atoms with E-state index in [0.717, 1.165) is 24.9 Å². The van der Waals surface area contributed by atoms with Crippen molar-refractivity contribution in [1.82, 2.24) is 0 Å². The number of carbonyl (C=O) groups excluding carboxylic acids is 1. The average molecular weight is 300 g/mol. The number of fused-ring (bicyclic) bond motifs is 1. The van der Waals surface area contributed by atoms with Crippen molar-refractivity contribution in [1.29, 1.82) is 0 Å². The molecule has 4 fully saturated rings. The predicted molar refractivity (Wildman–Crippen MR) is 85.1 cm³/mol. The van der Waals surface area contributed by atoms with Gasteiger partial charge < -0.3 is 4.74 Å². The maximum atomic E-state index is 12.5. The lowest BCUT2D eigenvalue weighted by atomic mass is 9.40. The molecule has 0 radical (unpaired) electrons.